The minimum atomic E-state index is -0.787. The topological polar surface area (TPSA) is 83.7 Å². The Morgan fingerprint density at radius 3 is 2.68 bits per heavy atom. The maximum Gasteiger partial charge on any atom is 0.347 e. The number of carbonyl (C=O) groups excluding carboxylic acids is 1. The summed E-state index contributed by atoms with van der Waals surface area (Å²) < 4.78 is 16.1. The van der Waals surface area contributed by atoms with Crippen LogP contribution < -0.4 is 15.2 Å². The quantitative estimate of drug-likeness (QED) is 0.652. The maximum atomic E-state index is 11.6. The molecule has 1 atom stereocenters. The van der Waals surface area contributed by atoms with E-state index < -0.39 is 12.1 Å². The Hall–Kier alpha value is -2.76. The third-order valence-corrected chi connectivity index (χ3v) is 2.78. The molecule has 0 fully saturated rings. The monoisotopic (exact) mass is 302 g/mol. The van der Waals surface area contributed by atoms with Gasteiger partial charge in [-0.1, -0.05) is 12.1 Å². The number of nitrogens with zero attached hydrogens (tertiary/aromatic N) is 1. The van der Waals surface area contributed by atoms with Gasteiger partial charge >= 0.3 is 5.97 Å². The molecule has 0 spiro atoms. The van der Waals surface area contributed by atoms with Crippen molar-refractivity contribution in [3.8, 4) is 17.4 Å². The van der Waals surface area contributed by atoms with E-state index >= 15 is 0 Å². The van der Waals surface area contributed by atoms with Gasteiger partial charge in [-0.05, 0) is 38.1 Å². The molecule has 0 aliphatic carbocycles. The molecule has 1 unspecified atom stereocenters. The van der Waals surface area contributed by atoms with Gasteiger partial charge in [-0.25, -0.2) is 9.78 Å². The van der Waals surface area contributed by atoms with Crippen molar-refractivity contribution < 1.29 is 19.0 Å². The van der Waals surface area contributed by atoms with Crippen LogP contribution >= 0.6 is 0 Å². The summed E-state index contributed by atoms with van der Waals surface area (Å²) in [6.45, 7) is 3.62. The number of esters is 1. The fourth-order valence-corrected chi connectivity index (χ4v) is 1.71. The predicted octanol–water partition coefficient (Wildman–Crippen LogP) is 2.79. The van der Waals surface area contributed by atoms with Crippen molar-refractivity contribution in [2.24, 2.45) is 0 Å². The first-order chi connectivity index (χ1) is 10.6. The third-order valence-electron chi connectivity index (χ3n) is 2.78. The number of hydrogen-bond donors (Lipinski definition) is 1. The van der Waals surface area contributed by atoms with Crippen LogP contribution in [0, 0.1) is 0 Å². The number of aromatic nitrogens is 1. The average molecular weight is 302 g/mol. The minimum absolute atomic E-state index is 0.200. The van der Waals surface area contributed by atoms with E-state index in [1.54, 1.807) is 44.3 Å². The number of para-hydroxylation sites is 2. The highest BCUT2D eigenvalue weighted by Crippen LogP contribution is 2.32. The Morgan fingerprint density at radius 1 is 1.23 bits per heavy atom. The highest BCUT2D eigenvalue weighted by Gasteiger charge is 2.19. The second-order valence-electron chi connectivity index (χ2n) is 4.46. The van der Waals surface area contributed by atoms with E-state index in [9.17, 15) is 4.79 Å². The zero-order valence-electron chi connectivity index (χ0n) is 12.5. The highest BCUT2D eigenvalue weighted by atomic mass is 16.6. The molecule has 0 aliphatic rings. The van der Waals surface area contributed by atoms with E-state index in [1.807, 2.05) is 12.1 Å². The second kappa shape index (κ2) is 7.31. The van der Waals surface area contributed by atoms with E-state index in [0.717, 1.165) is 0 Å². The number of benzene rings is 1. The molecule has 0 radical (unpaired) electrons. The van der Waals surface area contributed by atoms with E-state index in [0.29, 0.717) is 23.8 Å². The first-order valence-corrected chi connectivity index (χ1v) is 6.92. The SMILES string of the molecule is CCOC(=O)C(C)Oc1ncccc1Oc1ccccc1N. The number of carbonyl (C=O) groups is 1. The van der Waals surface area contributed by atoms with Crippen molar-refractivity contribution in [2.45, 2.75) is 20.0 Å². The van der Waals surface area contributed by atoms with Gasteiger partial charge in [0.2, 0.25) is 0 Å². The van der Waals surface area contributed by atoms with E-state index in [2.05, 4.69) is 4.98 Å². The number of ether oxygens (including phenoxy) is 3. The lowest BCUT2D eigenvalue weighted by Gasteiger charge is -2.15. The van der Waals surface area contributed by atoms with Gasteiger partial charge < -0.3 is 19.9 Å². The van der Waals surface area contributed by atoms with Crippen LogP contribution in [0.25, 0.3) is 0 Å². The van der Waals surface area contributed by atoms with Crippen molar-refractivity contribution in [1.82, 2.24) is 4.98 Å². The highest BCUT2D eigenvalue weighted by molar-refractivity contribution is 5.74. The molecule has 0 bridgehead atoms. The van der Waals surface area contributed by atoms with Gasteiger partial charge in [0.05, 0.1) is 12.3 Å². The third kappa shape index (κ3) is 3.88. The first-order valence-electron chi connectivity index (χ1n) is 6.92. The largest absolute Gasteiger partial charge is 0.463 e. The van der Waals surface area contributed by atoms with Gasteiger partial charge in [-0.3, -0.25) is 0 Å². The lowest BCUT2D eigenvalue weighted by atomic mass is 10.3. The zero-order valence-corrected chi connectivity index (χ0v) is 12.5. The summed E-state index contributed by atoms with van der Waals surface area (Å²) in [5.41, 5.74) is 6.34. The molecule has 22 heavy (non-hydrogen) atoms. The number of pyridine rings is 1. The standard InChI is InChI=1S/C16H18N2O4/c1-3-20-16(19)11(2)21-15-14(9-6-10-18-15)22-13-8-5-4-7-12(13)17/h4-11H,3,17H2,1-2H3. The molecule has 116 valence electrons. The normalized spacial score (nSPS) is 11.5. The van der Waals surface area contributed by atoms with Gasteiger partial charge in [0.1, 0.15) is 0 Å². The van der Waals surface area contributed by atoms with Crippen molar-refractivity contribution in [3.05, 3.63) is 42.6 Å². The molecule has 1 aromatic heterocycles. The molecule has 0 aliphatic heterocycles. The second-order valence-corrected chi connectivity index (χ2v) is 4.46. The molecule has 6 heteroatoms. The van der Waals surface area contributed by atoms with Crippen LogP contribution in [0.15, 0.2) is 42.6 Å². The number of anilines is 1. The molecule has 0 saturated heterocycles. The number of nitrogen functional groups attached to an aromatic ring is 1. The first kappa shape index (κ1) is 15.6. The summed E-state index contributed by atoms with van der Waals surface area (Å²) in [5, 5.41) is 0. The van der Waals surface area contributed by atoms with Crippen LogP contribution in [0.5, 0.6) is 17.4 Å². The Balaban J connectivity index is 2.17. The Labute approximate surface area is 128 Å². The summed E-state index contributed by atoms with van der Waals surface area (Å²) in [6.07, 6.45) is 0.763. The van der Waals surface area contributed by atoms with Crippen LogP contribution in [-0.4, -0.2) is 23.7 Å². The number of rotatable bonds is 6. The fourth-order valence-electron chi connectivity index (χ4n) is 1.71. The summed E-state index contributed by atoms with van der Waals surface area (Å²) in [5.74, 6) is 0.602. The molecule has 1 heterocycles. The van der Waals surface area contributed by atoms with Crippen LogP contribution in [0.3, 0.4) is 0 Å². The predicted molar refractivity (Wildman–Crippen MR) is 81.9 cm³/mol. The summed E-state index contributed by atoms with van der Waals surface area (Å²) in [7, 11) is 0. The van der Waals surface area contributed by atoms with Crippen molar-refractivity contribution in [3.63, 3.8) is 0 Å². The zero-order chi connectivity index (χ0) is 15.9. The minimum Gasteiger partial charge on any atom is -0.463 e. The van der Waals surface area contributed by atoms with Crippen LogP contribution in [0.2, 0.25) is 0 Å². The van der Waals surface area contributed by atoms with E-state index in [-0.39, 0.29) is 5.88 Å². The lowest BCUT2D eigenvalue weighted by Crippen LogP contribution is -2.26. The molecule has 0 amide bonds. The van der Waals surface area contributed by atoms with Crippen molar-refractivity contribution in [2.75, 3.05) is 12.3 Å². The van der Waals surface area contributed by atoms with Crippen molar-refractivity contribution in [1.29, 1.82) is 0 Å². The molecular weight excluding hydrogens is 284 g/mol. The molecule has 6 nitrogen and oxygen atoms in total. The lowest BCUT2D eigenvalue weighted by molar-refractivity contribution is -0.150. The Bertz CT molecular complexity index is 646. The molecule has 2 N–H and O–H groups in total. The molecule has 2 aromatic rings. The number of nitrogens with two attached hydrogens (primary N) is 1. The van der Waals surface area contributed by atoms with Gasteiger partial charge in [0.25, 0.3) is 5.88 Å². The molecule has 0 saturated carbocycles. The van der Waals surface area contributed by atoms with E-state index in [4.69, 9.17) is 19.9 Å². The van der Waals surface area contributed by atoms with Crippen LogP contribution in [0.4, 0.5) is 5.69 Å². The summed E-state index contributed by atoms with van der Waals surface area (Å²) >= 11 is 0. The fraction of sp³-hybridized carbons (Fsp3) is 0.250. The number of hydrogen-bond acceptors (Lipinski definition) is 6. The molecule has 1 aromatic carbocycles. The Morgan fingerprint density at radius 2 is 1.95 bits per heavy atom. The van der Waals surface area contributed by atoms with Gasteiger partial charge in [0, 0.05) is 6.20 Å². The molecular formula is C16H18N2O4. The average Bonchev–Trinajstić information content (AvgIpc) is 2.51. The van der Waals surface area contributed by atoms with Gasteiger partial charge in [-0.15, -0.1) is 0 Å². The van der Waals surface area contributed by atoms with Crippen LogP contribution in [-0.2, 0) is 9.53 Å². The van der Waals surface area contributed by atoms with Gasteiger partial charge in [-0.2, -0.15) is 0 Å². The Kier molecular flexibility index (Phi) is 5.19. The summed E-state index contributed by atoms with van der Waals surface area (Å²) in [4.78, 5) is 15.7. The van der Waals surface area contributed by atoms with Crippen LogP contribution in [0.1, 0.15) is 13.8 Å². The maximum absolute atomic E-state index is 11.6. The van der Waals surface area contributed by atoms with Crippen molar-refractivity contribution >= 4 is 11.7 Å². The molecule has 2 rings (SSSR count). The van der Waals surface area contributed by atoms with E-state index in [1.165, 1.54) is 0 Å². The summed E-state index contributed by atoms with van der Waals surface area (Å²) in [6, 6.07) is 10.5. The van der Waals surface area contributed by atoms with Gasteiger partial charge in [0.15, 0.2) is 17.6 Å². The smallest absolute Gasteiger partial charge is 0.347 e.